The first kappa shape index (κ1) is 7.07. The molecule has 1 heteroatoms. The average molecular weight is 126 g/mol. The third kappa shape index (κ3) is 2.85. The van der Waals surface area contributed by atoms with E-state index in [1.807, 2.05) is 0 Å². The topological polar surface area (TPSA) is 3.24 Å². The first-order chi connectivity index (χ1) is 4.39. The summed E-state index contributed by atoms with van der Waals surface area (Å²) in [6.07, 6.45) is 6.96. The maximum absolute atomic E-state index is 3.93. The van der Waals surface area contributed by atoms with E-state index in [0.717, 1.165) is 0 Å². The molecule has 1 nitrogen and oxygen atoms in total. The number of hydrogen-bond acceptors (Lipinski definition) is 1. The Balaban J connectivity index is 2.12. The van der Waals surface area contributed by atoms with Crippen molar-refractivity contribution in [3.8, 4) is 0 Å². The van der Waals surface area contributed by atoms with E-state index in [4.69, 9.17) is 0 Å². The molecule has 0 aromatic rings. The van der Waals surface area contributed by atoms with E-state index in [0.29, 0.717) is 0 Å². The minimum Gasteiger partial charge on any atom is -0.302 e. The largest absolute Gasteiger partial charge is 0.302 e. The molecular weight excluding hydrogens is 110 g/mol. The zero-order valence-electron chi connectivity index (χ0n) is 6.10. The van der Waals surface area contributed by atoms with Crippen molar-refractivity contribution in [2.75, 3.05) is 13.1 Å². The number of likely N-dealkylation sites (tertiary alicyclic amines) is 1. The van der Waals surface area contributed by atoms with Gasteiger partial charge in [-0.25, -0.2) is 0 Å². The minimum atomic E-state index is 1.21. The van der Waals surface area contributed by atoms with Crippen molar-refractivity contribution in [3.05, 3.63) is 7.05 Å². The van der Waals surface area contributed by atoms with E-state index >= 15 is 0 Å². The monoisotopic (exact) mass is 126 g/mol. The van der Waals surface area contributed by atoms with Gasteiger partial charge in [-0.2, -0.15) is 0 Å². The second kappa shape index (κ2) is 3.89. The SMILES string of the molecule is [CH2]N1CCCCCCC1. The first-order valence-electron chi connectivity index (χ1n) is 3.95. The predicted octanol–water partition coefficient (Wildman–Crippen LogP) is 2.04. The highest BCUT2D eigenvalue weighted by atomic mass is 15.1. The van der Waals surface area contributed by atoms with E-state index in [9.17, 15) is 0 Å². The third-order valence-corrected chi connectivity index (χ3v) is 1.95. The van der Waals surface area contributed by atoms with Crippen LogP contribution in [0.15, 0.2) is 0 Å². The van der Waals surface area contributed by atoms with Gasteiger partial charge in [0.25, 0.3) is 0 Å². The van der Waals surface area contributed by atoms with Crippen LogP contribution in [0, 0.1) is 7.05 Å². The van der Waals surface area contributed by atoms with Crippen molar-refractivity contribution < 1.29 is 0 Å². The lowest BCUT2D eigenvalue weighted by Crippen LogP contribution is -2.19. The summed E-state index contributed by atoms with van der Waals surface area (Å²) in [5.41, 5.74) is 0. The van der Waals surface area contributed by atoms with Gasteiger partial charge >= 0.3 is 0 Å². The van der Waals surface area contributed by atoms with E-state index in [1.165, 1.54) is 45.2 Å². The number of nitrogens with zero attached hydrogens (tertiary/aromatic N) is 1. The van der Waals surface area contributed by atoms with Gasteiger partial charge in [-0.3, -0.25) is 0 Å². The van der Waals surface area contributed by atoms with Crippen LogP contribution in [0.1, 0.15) is 32.1 Å². The van der Waals surface area contributed by atoms with Gasteiger partial charge in [0.15, 0.2) is 0 Å². The van der Waals surface area contributed by atoms with Crippen LogP contribution < -0.4 is 0 Å². The Morgan fingerprint density at radius 1 is 0.778 bits per heavy atom. The predicted molar refractivity (Wildman–Crippen MR) is 40.0 cm³/mol. The summed E-state index contributed by atoms with van der Waals surface area (Å²) < 4.78 is 0. The molecule has 1 rings (SSSR count). The quantitative estimate of drug-likeness (QED) is 0.480. The molecule has 1 fully saturated rings. The molecule has 1 saturated heterocycles. The van der Waals surface area contributed by atoms with E-state index in [1.54, 1.807) is 0 Å². The molecule has 0 aliphatic carbocycles. The highest BCUT2D eigenvalue weighted by Gasteiger charge is 2.01. The molecule has 0 amide bonds. The molecule has 1 radical (unpaired) electrons. The van der Waals surface area contributed by atoms with Gasteiger partial charge in [0.1, 0.15) is 0 Å². The van der Waals surface area contributed by atoms with Gasteiger partial charge in [-0.05, 0) is 25.9 Å². The van der Waals surface area contributed by atoms with Crippen molar-refractivity contribution in [2.45, 2.75) is 32.1 Å². The van der Waals surface area contributed by atoms with Crippen molar-refractivity contribution in [1.29, 1.82) is 0 Å². The fourth-order valence-corrected chi connectivity index (χ4v) is 1.31. The fourth-order valence-electron chi connectivity index (χ4n) is 1.31. The van der Waals surface area contributed by atoms with Crippen molar-refractivity contribution >= 4 is 0 Å². The maximum atomic E-state index is 3.93. The Hall–Kier alpha value is -0.0400. The lowest BCUT2D eigenvalue weighted by molar-refractivity contribution is 0.325. The van der Waals surface area contributed by atoms with Crippen LogP contribution in [0.3, 0.4) is 0 Å². The Kier molecular flexibility index (Phi) is 3.05. The molecule has 0 bridgehead atoms. The van der Waals surface area contributed by atoms with E-state index < -0.39 is 0 Å². The molecule has 0 saturated carbocycles. The minimum absolute atomic E-state index is 1.21. The molecule has 1 heterocycles. The van der Waals surface area contributed by atoms with Crippen LogP contribution in [-0.2, 0) is 0 Å². The third-order valence-electron chi connectivity index (χ3n) is 1.95. The Bertz CT molecular complexity index is 63.0. The Labute approximate surface area is 58.0 Å². The van der Waals surface area contributed by atoms with E-state index in [2.05, 4.69) is 11.9 Å². The molecule has 0 aromatic heterocycles. The van der Waals surface area contributed by atoms with Crippen molar-refractivity contribution in [2.24, 2.45) is 0 Å². The summed E-state index contributed by atoms with van der Waals surface area (Å²) in [4.78, 5) is 2.19. The average Bonchev–Trinajstić information content (AvgIpc) is 1.79. The summed E-state index contributed by atoms with van der Waals surface area (Å²) in [5, 5.41) is 0. The first-order valence-corrected chi connectivity index (χ1v) is 3.95. The standard InChI is InChI=1S/C8H16N/c1-9-7-5-3-2-4-6-8-9/h1-8H2. The zero-order valence-corrected chi connectivity index (χ0v) is 6.10. The summed E-state index contributed by atoms with van der Waals surface area (Å²) in [7, 11) is 3.93. The summed E-state index contributed by atoms with van der Waals surface area (Å²) in [6.45, 7) is 2.42. The summed E-state index contributed by atoms with van der Waals surface area (Å²) in [6, 6.07) is 0. The molecule has 0 unspecified atom stereocenters. The van der Waals surface area contributed by atoms with E-state index in [-0.39, 0.29) is 0 Å². The second-order valence-electron chi connectivity index (χ2n) is 2.89. The molecule has 0 atom stereocenters. The lowest BCUT2D eigenvalue weighted by Gasteiger charge is -2.18. The molecule has 9 heavy (non-hydrogen) atoms. The van der Waals surface area contributed by atoms with Crippen LogP contribution in [-0.4, -0.2) is 18.0 Å². The number of hydrogen-bond donors (Lipinski definition) is 0. The lowest BCUT2D eigenvalue weighted by atomic mass is 10.1. The van der Waals surface area contributed by atoms with Gasteiger partial charge < -0.3 is 4.90 Å². The fraction of sp³-hybridized carbons (Fsp3) is 0.875. The Morgan fingerprint density at radius 3 is 1.78 bits per heavy atom. The maximum Gasteiger partial charge on any atom is 0.0109 e. The van der Waals surface area contributed by atoms with Gasteiger partial charge in [0, 0.05) is 7.05 Å². The van der Waals surface area contributed by atoms with Crippen molar-refractivity contribution in [1.82, 2.24) is 4.90 Å². The van der Waals surface area contributed by atoms with Crippen LogP contribution >= 0.6 is 0 Å². The zero-order chi connectivity index (χ0) is 6.53. The van der Waals surface area contributed by atoms with Gasteiger partial charge in [-0.15, -0.1) is 0 Å². The molecule has 0 spiro atoms. The number of rotatable bonds is 0. The highest BCUT2D eigenvalue weighted by Crippen LogP contribution is 2.08. The summed E-state index contributed by atoms with van der Waals surface area (Å²) in [5.74, 6) is 0. The van der Waals surface area contributed by atoms with Crippen LogP contribution in [0.25, 0.3) is 0 Å². The van der Waals surface area contributed by atoms with Gasteiger partial charge in [0.2, 0.25) is 0 Å². The van der Waals surface area contributed by atoms with Crippen LogP contribution in [0.2, 0.25) is 0 Å². The molecule has 1 aliphatic heterocycles. The van der Waals surface area contributed by atoms with Gasteiger partial charge in [-0.1, -0.05) is 19.3 Å². The summed E-state index contributed by atoms with van der Waals surface area (Å²) >= 11 is 0. The van der Waals surface area contributed by atoms with Crippen molar-refractivity contribution in [3.63, 3.8) is 0 Å². The second-order valence-corrected chi connectivity index (χ2v) is 2.89. The highest BCUT2D eigenvalue weighted by molar-refractivity contribution is 4.59. The van der Waals surface area contributed by atoms with Crippen LogP contribution in [0.5, 0.6) is 0 Å². The Morgan fingerprint density at radius 2 is 1.22 bits per heavy atom. The normalized spacial score (nSPS) is 25.0. The van der Waals surface area contributed by atoms with Crippen LogP contribution in [0.4, 0.5) is 0 Å². The smallest absolute Gasteiger partial charge is 0.0109 e. The van der Waals surface area contributed by atoms with Gasteiger partial charge in [0.05, 0.1) is 0 Å². The molecule has 0 aromatic carbocycles. The molecule has 53 valence electrons. The molecule has 1 aliphatic rings. The molecule has 0 N–H and O–H groups in total. The molecular formula is C8H16N.